The molecule has 0 aromatic heterocycles. The van der Waals surface area contributed by atoms with Crippen LogP contribution in [0.2, 0.25) is 0 Å². The van der Waals surface area contributed by atoms with Crippen molar-refractivity contribution in [3.8, 4) is 5.75 Å². The predicted octanol–water partition coefficient (Wildman–Crippen LogP) is 3.99. The molecule has 1 aliphatic carbocycles. The molecule has 0 N–H and O–H groups in total. The second kappa shape index (κ2) is 6.14. The Morgan fingerprint density at radius 1 is 1.14 bits per heavy atom. The minimum atomic E-state index is 0.0428. The first-order valence-electron chi connectivity index (χ1n) is 7.52. The second-order valence-corrected chi connectivity index (χ2v) is 5.64. The van der Waals surface area contributed by atoms with Gasteiger partial charge >= 0.3 is 0 Å². The molecule has 0 heterocycles. The molecule has 0 saturated carbocycles. The molecule has 0 atom stereocenters. The first-order valence-corrected chi connectivity index (χ1v) is 7.52. The van der Waals surface area contributed by atoms with Crippen LogP contribution in [0.25, 0.3) is 0 Å². The van der Waals surface area contributed by atoms with Crippen molar-refractivity contribution < 1.29 is 14.3 Å². The Labute approximate surface area is 129 Å². The molecule has 2 aromatic rings. The van der Waals surface area contributed by atoms with E-state index in [2.05, 4.69) is 0 Å². The molecule has 22 heavy (non-hydrogen) atoms. The van der Waals surface area contributed by atoms with E-state index in [9.17, 15) is 9.59 Å². The van der Waals surface area contributed by atoms with E-state index in [-0.39, 0.29) is 11.6 Å². The van der Waals surface area contributed by atoms with Gasteiger partial charge in [0, 0.05) is 17.5 Å². The van der Waals surface area contributed by atoms with Crippen molar-refractivity contribution in [3.05, 3.63) is 64.7 Å². The van der Waals surface area contributed by atoms with Gasteiger partial charge in [-0.05, 0) is 49.1 Å². The molecular weight excluding hydrogens is 276 g/mol. The zero-order valence-electron chi connectivity index (χ0n) is 12.6. The number of Topliss-reactive ketones (excluding diaryl/α,β-unsaturated/α-hetero) is 2. The Bertz CT molecular complexity index is 731. The maximum atomic E-state index is 11.9. The minimum absolute atomic E-state index is 0.0428. The van der Waals surface area contributed by atoms with Crippen molar-refractivity contribution in [1.82, 2.24) is 0 Å². The number of carbonyl (C=O) groups is 2. The Morgan fingerprint density at radius 2 is 2.00 bits per heavy atom. The summed E-state index contributed by atoms with van der Waals surface area (Å²) < 4.78 is 5.78. The normalized spacial score (nSPS) is 13.6. The molecule has 0 spiro atoms. The van der Waals surface area contributed by atoms with Gasteiger partial charge in [0.05, 0.1) is 0 Å². The molecule has 3 rings (SSSR count). The number of fused-ring (bicyclic) bond motifs is 1. The Morgan fingerprint density at radius 3 is 2.82 bits per heavy atom. The number of benzene rings is 2. The summed E-state index contributed by atoms with van der Waals surface area (Å²) >= 11 is 0. The minimum Gasteiger partial charge on any atom is -0.489 e. The van der Waals surface area contributed by atoms with Gasteiger partial charge in [0.1, 0.15) is 12.4 Å². The molecule has 2 aromatic carbocycles. The average molecular weight is 294 g/mol. The fourth-order valence-corrected chi connectivity index (χ4v) is 2.74. The van der Waals surface area contributed by atoms with Crippen LogP contribution >= 0.6 is 0 Å². The smallest absolute Gasteiger partial charge is 0.163 e. The number of ketones is 2. The predicted molar refractivity (Wildman–Crippen MR) is 84.5 cm³/mol. The lowest BCUT2D eigenvalue weighted by Crippen LogP contribution is -2.10. The summed E-state index contributed by atoms with van der Waals surface area (Å²) in [5.41, 5.74) is 3.53. The van der Waals surface area contributed by atoms with Gasteiger partial charge < -0.3 is 4.74 Å². The van der Waals surface area contributed by atoms with Crippen LogP contribution in [-0.4, -0.2) is 11.6 Å². The topological polar surface area (TPSA) is 43.4 Å². The maximum absolute atomic E-state index is 11.9. The van der Waals surface area contributed by atoms with Gasteiger partial charge in [0.15, 0.2) is 11.6 Å². The van der Waals surface area contributed by atoms with Gasteiger partial charge in [0.25, 0.3) is 0 Å². The first kappa shape index (κ1) is 14.5. The number of aryl methyl sites for hydroxylation is 1. The van der Waals surface area contributed by atoms with Crippen LogP contribution in [0.3, 0.4) is 0 Å². The van der Waals surface area contributed by atoms with Gasteiger partial charge in [-0.2, -0.15) is 0 Å². The average Bonchev–Trinajstić information content (AvgIpc) is 2.54. The monoisotopic (exact) mass is 294 g/mol. The van der Waals surface area contributed by atoms with Crippen molar-refractivity contribution >= 4 is 11.6 Å². The van der Waals surface area contributed by atoms with E-state index in [4.69, 9.17) is 4.74 Å². The first-order chi connectivity index (χ1) is 10.6. The van der Waals surface area contributed by atoms with Crippen LogP contribution in [0.15, 0.2) is 42.5 Å². The van der Waals surface area contributed by atoms with Crippen molar-refractivity contribution in [3.63, 3.8) is 0 Å². The van der Waals surface area contributed by atoms with Crippen LogP contribution in [0.1, 0.15) is 51.6 Å². The fourth-order valence-electron chi connectivity index (χ4n) is 2.74. The summed E-state index contributed by atoms with van der Waals surface area (Å²) in [5, 5.41) is 0. The molecule has 0 saturated heterocycles. The highest BCUT2D eigenvalue weighted by Gasteiger charge is 2.17. The van der Waals surface area contributed by atoms with Gasteiger partial charge in [-0.1, -0.05) is 24.3 Å². The molecule has 3 nitrogen and oxygen atoms in total. The number of hydrogen-bond acceptors (Lipinski definition) is 3. The summed E-state index contributed by atoms with van der Waals surface area (Å²) in [6.45, 7) is 1.93. The Balaban J connectivity index is 1.74. The molecule has 0 radical (unpaired) electrons. The SMILES string of the molecule is CC(=O)c1cccc(COc2ccc3c(c2)C(=O)CCC3)c1. The van der Waals surface area contributed by atoms with Crippen LogP contribution in [0.4, 0.5) is 0 Å². The van der Waals surface area contributed by atoms with Gasteiger partial charge in [-0.15, -0.1) is 0 Å². The largest absolute Gasteiger partial charge is 0.489 e. The lowest BCUT2D eigenvalue weighted by atomic mass is 9.90. The number of rotatable bonds is 4. The summed E-state index contributed by atoms with van der Waals surface area (Å²) in [5.74, 6) is 0.939. The van der Waals surface area contributed by atoms with E-state index < -0.39 is 0 Å². The van der Waals surface area contributed by atoms with E-state index in [0.29, 0.717) is 24.3 Å². The molecule has 0 unspecified atom stereocenters. The van der Waals surface area contributed by atoms with Crippen molar-refractivity contribution in [2.75, 3.05) is 0 Å². The summed E-state index contributed by atoms with van der Waals surface area (Å²) in [6, 6.07) is 13.1. The van der Waals surface area contributed by atoms with Gasteiger partial charge in [0.2, 0.25) is 0 Å². The van der Waals surface area contributed by atoms with Crippen LogP contribution in [-0.2, 0) is 13.0 Å². The number of hydrogen-bond donors (Lipinski definition) is 0. The van der Waals surface area contributed by atoms with Gasteiger partial charge in [-0.3, -0.25) is 9.59 Å². The number of ether oxygens (including phenoxy) is 1. The van der Waals surface area contributed by atoms with E-state index in [0.717, 1.165) is 29.5 Å². The zero-order valence-corrected chi connectivity index (χ0v) is 12.6. The molecule has 3 heteroatoms. The van der Waals surface area contributed by atoms with Crippen molar-refractivity contribution in [1.29, 1.82) is 0 Å². The summed E-state index contributed by atoms with van der Waals surface area (Å²) in [4.78, 5) is 23.3. The molecule has 0 fully saturated rings. The molecule has 0 aliphatic heterocycles. The molecular formula is C19H18O3. The Hall–Kier alpha value is -2.42. The molecule has 112 valence electrons. The zero-order chi connectivity index (χ0) is 15.5. The van der Waals surface area contributed by atoms with E-state index in [1.54, 1.807) is 13.0 Å². The highest BCUT2D eigenvalue weighted by molar-refractivity contribution is 5.98. The lowest BCUT2D eigenvalue weighted by molar-refractivity contribution is 0.0970. The standard InChI is InChI=1S/C19H18O3/c1-13(20)16-6-2-4-14(10-16)12-22-17-9-8-15-5-3-7-19(21)18(15)11-17/h2,4,6,8-11H,3,5,7,12H2,1H3. The second-order valence-electron chi connectivity index (χ2n) is 5.64. The van der Waals surface area contributed by atoms with Gasteiger partial charge in [-0.25, -0.2) is 0 Å². The number of carbonyl (C=O) groups excluding carboxylic acids is 2. The lowest BCUT2D eigenvalue weighted by Gasteiger charge is -2.16. The maximum Gasteiger partial charge on any atom is 0.163 e. The quantitative estimate of drug-likeness (QED) is 0.801. The molecule has 1 aliphatic rings. The van der Waals surface area contributed by atoms with Crippen molar-refractivity contribution in [2.24, 2.45) is 0 Å². The Kier molecular flexibility index (Phi) is 4.05. The van der Waals surface area contributed by atoms with Crippen molar-refractivity contribution in [2.45, 2.75) is 32.8 Å². The molecule has 0 amide bonds. The summed E-state index contributed by atoms with van der Waals surface area (Å²) in [6.07, 6.45) is 2.52. The van der Waals surface area contributed by atoms with E-state index >= 15 is 0 Å². The third kappa shape index (κ3) is 3.08. The highest BCUT2D eigenvalue weighted by atomic mass is 16.5. The van der Waals surface area contributed by atoms with E-state index in [1.807, 2.05) is 36.4 Å². The fraction of sp³-hybridized carbons (Fsp3) is 0.263. The van der Waals surface area contributed by atoms with Crippen LogP contribution in [0, 0.1) is 0 Å². The highest BCUT2D eigenvalue weighted by Crippen LogP contribution is 2.26. The third-order valence-corrected chi connectivity index (χ3v) is 3.97. The summed E-state index contributed by atoms with van der Waals surface area (Å²) in [7, 11) is 0. The third-order valence-electron chi connectivity index (χ3n) is 3.97. The van der Waals surface area contributed by atoms with Crippen LogP contribution < -0.4 is 4.74 Å². The van der Waals surface area contributed by atoms with E-state index in [1.165, 1.54) is 0 Å². The van der Waals surface area contributed by atoms with Crippen LogP contribution in [0.5, 0.6) is 5.75 Å². The molecule has 0 bridgehead atoms.